The highest BCUT2D eigenvalue weighted by atomic mass is 15.1. The fourth-order valence-corrected chi connectivity index (χ4v) is 12.1. The number of nitrogens with zero attached hydrogens (tertiary/aromatic N) is 8. The Labute approximate surface area is 496 Å². The van der Waals surface area contributed by atoms with Crippen LogP contribution in [0, 0.1) is 0 Å². The number of hydrogen-bond donors (Lipinski definition) is 0. The van der Waals surface area contributed by atoms with E-state index in [1.807, 2.05) is 72.8 Å². The first kappa shape index (κ1) is 50.0. The van der Waals surface area contributed by atoms with Gasteiger partial charge in [0.2, 0.25) is 0 Å². The maximum atomic E-state index is 5.60. The van der Waals surface area contributed by atoms with Crippen molar-refractivity contribution in [3.8, 4) is 113 Å². The van der Waals surface area contributed by atoms with Crippen LogP contribution in [0.5, 0.6) is 0 Å². The summed E-state index contributed by atoms with van der Waals surface area (Å²) in [6.07, 6.45) is 0. The number of aromatic nitrogens is 8. The van der Waals surface area contributed by atoms with Crippen LogP contribution in [0.2, 0.25) is 0 Å². The molecule has 0 unspecified atom stereocenters. The van der Waals surface area contributed by atoms with Crippen LogP contribution in [0.25, 0.3) is 157 Å². The van der Waals surface area contributed by atoms with E-state index in [1.165, 1.54) is 0 Å². The van der Waals surface area contributed by atoms with E-state index in [1.54, 1.807) is 0 Å². The van der Waals surface area contributed by atoms with Crippen LogP contribution in [-0.4, -0.2) is 39.0 Å². The lowest BCUT2D eigenvalue weighted by atomic mass is 10.0. The largest absolute Gasteiger partial charge is 0.309 e. The van der Waals surface area contributed by atoms with Gasteiger partial charge in [-0.15, -0.1) is 0 Å². The van der Waals surface area contributed by atoms with Crippen LogP contribution in [0.3, 0.4) is 0 Å². The zero-order valence-electron chi connectivity index (χ0n) is 46.4. The van der Waals surface area contributed by atoms with E-state index in [2.05, 4.69) is 240 Å². The Morgan fingerprint density at radius 1 is 0.186 bits per heavy atom. The molecule has 4 aromatic heterocycles. The van der Waals surface area contributed by atoms with Crippen LogP contribution in [-0.2, 0) is 0 Å². The molecule has 8 nitrogen and oxygen atoms in total. The van der Waals surface area contributed by atoms with Crippen LogP contribution in [0.4, 0.5) is 0 Å². The molecule has 0 fully saturated rings. The van der Waals surface area contributed by atoms with Crippen molar-refractivity contribution < 1.29 is 0 Å². The molecular weight excluding hydrogens is 1050 g/mol. The molecular formula is C78H50N8. The molecule has 0 aliphatic carbocycles. The molecule has 0 bridgehead atoms. The quantitative estimate of drug-likeness (QED) is 0.128. The summed E-state index contributed by atoms with van der Waals surface area (Å²) in [5.41, 5.74) is 17.3. The minimum atomic E-state index is 0.473. The van der Waals surface area contributed by atoms with E-state index in [0.717, 1.165) is 122 Å². The van der Waals surface area contributed by atoms with Gasteiger partial charge in [-0.3, -0.25) is 0 Å². The van der Waals surface area contributed by atoms with Crippen molar-refractivity contribution in [2.75, 3.05) is 0 Å². The highest BCUT2D eigenvalue weighted by molar-refractivity contribution is 6.14. The zero-order chi connectivity index (χ0) is 56.9. The molecule has 0 radical (unpaired) electrons. The van der Waals surface area contributed by atoms with E-state index in [4.69, 9.17) is 29.9 Å². The second-order valence-corrected chi connectivity index (χ2v) is 21.4. The number of fused-ring (bicyclic) bond motifs is 6. The lowest BCUT2D eigenvalue weighted by molar-refractivity contribution is 1.05. The molecule has 0 amide bonds. The maximum Gasteiger partial charge on any atom is 0.166 e. The van der Waals surface area contributed by atoms with Crippen LogP contribution < -0.4 is 0 Å². The van der Waals surface area contributed by atoms with E-state index in [-0.39, 0.29) is 0 Å². The molecule has 0 atom stereocenters. The van der Waals surface area contributed by atoms with Crippen molar-refractivity contribution in [2.24, 2.45) is 0 Å². The topological polar surface area (TPSA) is 87.2 Å². The Morgan fingerprint density at radius 3 is 0.802 bits per heavy atom. The first-order valence-corrected chi connectivity index (χ1v) is 28.8. The Balaban J connectivity index is 1.09. The van der Waals surface area contributed by atoms with Gasteiger partial charge in [-0.05, 0) is 88.0 Å². The van der Waals surface area contributed by atoms with Gasteiger partial charge in [-0.2, -0.15) is 0 Å². The average Bonchev–Trinajstić information content (AvgIpc) is 1.72. The fourth-order valence-electron chi connectivity index (χ4n) is 12.1. The predicted molar refractivity (Wildman–Crippen MR) is 351 cm³/mol. The molecule has 4 heterocycles. The molecule has 0 aliphatic rings. The van der Waals surface area contributed by atoms with Crippen molar-refractivity contribution in [1.82, 2.24) is 39.0 Å². The first-order valence-electron chi connectivity index (χ1n) is 28.8. The molecule has 0 saturated carbocycles. The molecule has 0 spiro atoms. The van der Waals surface area contributed by atoms with Gasteiger partial charge < -0.3 is 9.13 Å². The molecule has 86 heavy (non-hydrogen) atoms. The number of rotatable bonds is 11. The summed E-state index contributed by atoms with van der Waals surface area (Å²) in [4.78, 5) is 32.9. The molecule has 402 valence electrons. The van der Waals surface area contributed by atoms with E-state index in [0.29, 0.717) is 34.9 Å². The van der Waals surface area contributed by atoms with Crippen molar-refractivity contribution in [2.45, 2.75) is 0 Å². The second kappa shape index (κ2) is 21.2. The minimum absolute atomic E-state index is 0.473. The van der Waals surface area contributed by atoms with E-state index >= 15 is 0 Å². The normalized spacial score (nSPS) is 11.5. The number of benzene rings is 12. The Morgan fingerprint density at radius 2 is 0.453 bits per heavy atom. The highest BCUT2D eigenvalue weighted by Crippen LogP contribution is 2.46. The SMILES string of the molecule is c1ccc(-c2ccc3c(c2)c2ccccc2n3-c2cc(-c3nc(-c4ccccc4)nc(-c4ccccc4)n3)c(-n3c4ccc(-c5ccccc5)cc4c4cc(-c5ccccc5)ccc43)c(-c3nc(-c4ccccc4)nc(-c4ccccc4)n3)c2)cc1. The summed E-state index contributed by atoms with van der Waals surface area (Å²) in [6, 6.07) is 106. The number of para-hydroxylation sites is 1. The van der Waals surface area contributed by atoms with Crippen molar-refractivity contribution in [3.63, 3.8) is 0 Å². The maximum absolute atomic E-state index is 5.60. The molecule has 16 rings (SSSR count). The zero-order valence-corrected chi connectivity index (χ0v) is 46.4. The summed E-state index contributed by atoms with van der Waals surface area (Å²) < 4.78 is 4.76. The Kier molecular flexibility index (Phi) is 12.3. The summed E-state index contributed by atoms with van der Waals surface area (Å²) in [6.45, 7) is 0. The third-order valence-electron chi connectivity index (χ3n) is 16.2. The van der Waals surface area contributed by atoms with Gasteiger partial charge in [0.15, 0.2) is 34.9 Å². The van der Waals surface area contributed by atoms with Gasteiger partial charge in [-0.25, -0.2) is 29.9 Å². The van der Waals surface area contributed by atoms with E-state index in [9.17, 15) is 0 Å². The average molecular weight is 1100 g/mol. The van der Waals surface area contributed by atoms with Crippen LogP contribution in [0.1, 0.15) is 0 Å². The smallest absolute Gasteiger partial charge is 0.166 e. The summed E-state index contributed by atoms with van der Waals surface area (Å²) in [5, 5.41) is 4.39. The first-order chi connectivity index (χ1) is 42.6. The van der Waals surface area contributed by atoms with Gasteiger partial charge >= 0.3 is 0 Å². The fraction of sp³-hybridized carbons (Fsp3) is 0. The predicted octanol–water partition coefficient (Wildman–Crippen LogP) is 19.3. The number of hydrogen-bond acceptors (Lipinski definition) is 6. The third kappa shape index (κ3) is 8.97. The van der Waals surface area contributed by atoms with Gasteiger partial charge in [0.05, 0.1) is 27.8 Å². The summed E-state index contributed by atoms with van der Waals surface area (Å²) in [7, 11) is 0. The van der Waals surface area contributed by atoms with Crippen LogP contribution >= 0.6 is 0 Å². The van der Waals surface area contributed by atoms with Gasteiger partial charge in [-0.1, -0.05) is 249 Å². The van der Waals surface area contributed by atoms with E-state index < -0.39 is 0 Å². The molecule has 0 N–H and O–H groups in total. The molecule has 12 aromatic carbocycles. The van der Waals surface area contributed by atoms with Gasteiger partial charge in [0, 0.05) is 60.6 Å². The second-order valence-electron chi connectivity index (χ2n) is 21.4. The molecule has 0 saturated heterocycles. The monoisotopic (exact) mass is 1100 g/mol. The Hall–Kier alpha value is -11.7. The highest BCUT2D eigenvalue weighted by Gasteiger charge is 2.28. The van der Waals surface area contributed by atoms with Crippen molar-refractivity contribution >= 4 is 43.6 Å². The molecule has 0 aliphatic heterocycles. The standard InChI is InChI=1S/C78H50N8/c1-8-24-51(25-9-1)58-40-43-69-63(46-58)62-38-22-23-39-68(62)85(69)61-49-66(77-81-73(54-30-14-4-15-31-54)79-74(82-77)55-32-16-5-17-33-55)72(67(50-61)78-83-75(56-34-18-6-19-35-56)80-76(84-78)57-36-20-7-21-37-57)86-70-44-41-59(52-26-10-2-11-27-52)47-64(70)65-48-60(42-45-71(65)86)53-28-12-3-13-29-53/h1-50H. The van der Waals surface area contributed by atoms with Gasteiger partial charge in [0.25, 0.3) is 0 Å². The minimum Gasteiger partial charge on any atom is -0.309 e. The summed E-state index contributed by atoms with van der Waals surface area (Å²) in [5.74, 6) is 3.10. The lowest BCUT2D eigenvalue weighted by Gasteiger charge is -2.21. The summed E-state index contributed by atoms with van der Waals surface area (Å²) >= 11 is 0. The third-order valence-corrected chi connectivity index (χ3v) is 16.2. The van der Waals surface area contributed by atoms with Gasteiger partial charge in [0.1, 0.15) is 0 Å². The van der Waals surface area contributed by atoms with Crippen LogP contribution in [0.15, 0.2) is 303 Å². The Bertz CT molecular complexity index is 4830. The molecule has 16 aromatic rings. The molecule has 8 heteroatoms. The van der Waals surface area contributed by atoms with Crippen molar-refractivity contribution in [1.29, 1.82) is 0 Å². The lowest BCUT2D eigenvalue weighted by Crippen LogP contribution is -2.09. The van der Waals surface area contributed by atoms with Crippen molar-refractivity contribution in [3.05, 3.63) is 303 Å².